The standard InChI is InChI=1S/C19H19F3N4/c20-19(21,22)17-10-16(6-5-15(17)11-23)24-12-14-4-7-18(25-13-14)26-8-2-1-3-9-26/h4-7,10,13,24H,1-3,8-9,12H2. The molecule has 1 aromatic heterocycles. The van der Waals surface area contributed by atoms with Gasteiger partial charge in [0.1, 0.15) is 5.82 Å². The van der Waals surface area contributed by atoms with Crippen molar-refractivity contribution in [3.8, 4) is 6.07 Å². The monoisotopic (exact) mass is 360 g/mol. The molecule has 1 N–H and O–H groups in total. The molecule has 0 amide bonds. The van der Waals surface area contributed by atoms with E-state index in [9.17, 15) is 13.2 Å². The summed E-state index contributed by atoms with van der Waals surface area (Å²) in [4.78, 5) is 6.71. The lowest BCUT2D eigenvalue weighted by Gasteiger charge is -2.27. The Kier molecular flexibility index (Phi) is 5.31. The number of anilines is 2. The summed E-state index contributed by atoms with van der Waals surface area (Å²) in [5, 5.41) is 11.8. The summed E-state index contributed by atoms with van der Waals surface area (Å²) in [6.45, 7) is 2.38. The minimum Gasteiger partial charge on any atom is -0.381 e. The number of halogens is 3. The highest BCUT2D eigenvalue weighted by Crippen LogP contribution is 2.33. The zero-order valence-electron chi connectivity index (χ0n) is 14.2. The van der Waals surface area contributed by atoms with Crippen LogP contribution >= 0.6 is 0 Å². The molecule has 4 nitrogen and oxygen atoms in total. The molecule has 1 aromatic carbocycles. The fraction of sp³-hybridized carbons (Fsp3) is 0.368. The van der Waals surface area contributed by atoms with E-state index in [1.807, 2.05) is 12.1 Å². The highest BCUT2D eigenvalue weighted by molar-refractivity contribution is 5.53. The van der Waals surface area contributed by atoms with Gasteiger partial charge in [0.2, 0.25) is 0 Å². The van der Waals surface area contributed by atoms with Gasteiger partial charge in [0.15, 0.2) is 0 Å². The minimum atomic E-state index is -4.56. The summed E-state index contributed by atoms with van der Waals surface area (Å²) >= 11 is 0. The van der Waals surface area contributed by atoms with Crippen LogP contribution in [0.2, 0.25) is 0 Å². The van der Waals surface area contributed by atoms with E-state index in [0.29, 0.717) is 12.2 Å². The number of benzene rings is 1. The normalized spacial score (nSPS) is 14.8. The lowest BCUT2D eigenvalue weighted by atomic mass is 10.1. The lowest BCUT2D eigenvalue weighted by Crippen LogP contribution is -2.30. The predicted molar refractivity (Wildman–Crippen MR) is 93.8 cm³/mol. The number of pyridine rings is 1. The summed E-state index contributed by atoms with van der Waals surface area (Å²) in [7, 11) is 0. The Morgan fingerprint density at radius 3 is 2.50 bits per heavy atom. The van der Waals surface area contributed by atoms with Gasteiger partial charge in [0.05, 0.1) is 17.2 Å². The molecule has 2 aromatic rings. The van der Waals surface area contributed by atoms with Crippen molar-refractivity contribution in [2.75, 3.05) is 23.3 Å². The molecule has 1 aliphatic heterocycles. The number of hydrogen-bond acceptors (Lipinski definition) is 4. The van der Waals surface area contributed by atoms with Crippen molar-refractivity contribution in [2.24, 2.45) is 0 Å². The number of hydrogen-bond donors (Lipinski definition) is 1. The van der Waals surface area contributed by atoms with Crippen molar-refractivity contribution in [1.29, 1.82) is 5.26 Å². The summed E-state index contributed by atoms with van der Waals surface area (Å²) in [6.07, 6.45) is 0.783. The van der Waals surface area contributed by atoms with Crippen LogP contribution in [0.4, 0.5) is 24.7 Å². The minimum absolute atomic E-state index is 0.316. The van der Waals surface area contributed by atoms with Crippen LogP contribution in [0.5, 0.6) is 0 Å². The predicted octanol–water partition coefficient (Wildman–Crippen LogP) is 4.57. The molecular formula is C19H19F3N4. The first kappa shape index (κ1) is 18.1. The molecule has 1 saturated heterocycles. The van der Waals surface area contributed by atoms with E-state index in [1.165, 1.54) is 31.4 Å². The fourth-order valence-corrected chi connectivity index (χ4v) is 3.02. The second-order valence-electron chi connectivity index (χ2n) is 6.30. The molecule has 1 aliphatic rings. The number of aromatic nitrogens is 1. The van der Waals surface area contributed by atoms with Gasteiger partial charge in [-0.05, 0) is 49.1 Å². The maximum absolute atomic E-state index is 13.0. The molecule has 0 radical (unpaired) electrons. The molecule has 26 heavy (non-hydrogen) atoms. The molecule has 0 unspecified atom stereocenters. The third kappa shape index (κ3) is 4.26. The van der Waals surface area contributed by atoms with Gasteiger partial charge < -0.3 is 10.2 Å². The number of nitriles is 1. The van der Waals surface area contributed by atoms with E-state index in [2.05, 4.69) is 15.2 Å². The smallest absolute Gasteiger partial charge is 0.381 e. The molecule has 136 valence electrons. The van der Waals surface area contributed by atoms with Gasteiger partial charge >= 0.3 is 6.18 Å². The summed E-state index contributed by atoms with van der Waals surface area (Å²) < 4.78 is 39.0. The number of nitrogens with one attached hydrogen (secondary N) is 1. The zero-order chi connectivity index (χ0) is 18.6. The Morgan fingerprint density at radius 1 is 1.12 bits per heavy atom. The second-order valence-corrected chi connectivity index (χ2v) is 6.30. The highest BCUT2D eigenvalue weighted by Gasteiger charge is 2.33. The van der Waals surface area contributed by atoms with E-state index in [4.69, 9.17) is 5.26 Å². The van der Waals surface area contributed by atoms with Gasteiger partial charge in [-0.3, -0.25) is 0 Å². The molecule has 0 saturated carbocycles. The van der Waals surface area contributed by atoms with Crippen molar-refractivity contribution < 1.29 is 13.2 Å². The Morgan fingerprint density at radius 2 is 1.88 bits per heavy atom. The Bertz CT molecular complexity index is 788. The van der Waals surface area contributed by atoms with Gasteiger partial charge in [-0.2, -0.15) is 18.4 Å². The Balaban J connectivity index is 1.66. The molecular weight excluding hydrogens is 341 g/mol. The molecule has 2 heterocycles. The Hall–Kier alpha value is -2.75. The number of rotatable bonds is 4. The third-order valence-electron chi connectivity index (χ3n) is 4.43. The maximum atomic E-state index is 13.0. The van der Waals surface area contributed by atoms with Crippen molar-refractivity contribution in [3.63, 3.8) is 0 Å². The molecule has 0 spiro atoms. The van der Waals surface area contributed by atoms with Crippen molar-refractivity contribution in [1.82, 2.24) is 4.98 Å². The fourth-order valence-electron chi connectivity index (χ4n) is 3.02. The summed E-state index contributed by atoms with van der Waals surface area (Å²) in [5.74, 6) is 0.936. The van der Waals surface area contributed by atoms with E-state index < -0.39 is 11.7 Å². The second kappa shape index (κ2) is 7.65. The zero-order valence-corrected chi connectivity index (χ0v) is 14.2. The summed E-state index contributed by atoms with van der Waals surface area (Å²) in [6, 6.07) is 9.08. The van der Waals surface area contributed by atoms with Crippen LogP contribution in [-0.2, 0) is 12.7 Å². The van der Waals surface area contributed by atoms with Crippen LogP contribution in [-0.4, -0.2) is 18.1 Å². The largest absolute Gasteiger partial charge is 0.417 e. The van der Waals surface area contributed by atoms with Crippen LogP contribution in [0.3, 0.4) is 0 Å². The van der Waals surface area contributed by atoms with E-state index in [1.54, 1.807) is 12.3 Å². The first-order valence-corrected chi connectivity index (χ1v) is 8.52. The molecule has 0 bridgehead atoms. The maximum Gasteiger partial charge on any atom is 0.417 e. The number of piperidine rings is 1. The van der Waals surface area contributed by atoms with Crippen LogP contribution < -0.4 is 10.2 Å². The van der Waals surface area contributed by atoms with Crippen molar-refractivity contribution in [2.45, 2.75) is 32.0 Å². The first-order valence-electron chi connectivity index (χ1n) is 8.52. The third-order valence-corrected chi connectivity index (χ3v) is 4.43. The van der Waals surface area contributed by atoms with Crippen molar-refractivity contribution in [3.05, 3.63) is 53.2 Å². The van der Waals surface area contributed by atoms with Gasteiger partial charge in [-0.25, -0.2) is 4.98 Å². The van der Waals surface area contributed by atoms with Crippen LogP contribution in [0.25, 0.3) is 0 Å². The molecule has 3 rings (SSSR count). The molecule has 1 fully saturated rings. The average Bonchev–Trinajstić information content (AvgIpc) is 2.66. The molecule has 7 heteroatoms. The van der Waals surface area contributed by atoms with Gasteiger partial charge in [-0.15, -0.1) is 0 Å². The highest BCUT2D eigenvalue weighted by atomic mass is 19.4. The van der Waals surface area contributed by atoms with Crippen LogP contribution in [0.15, 0.2) is 36.5 Å². The number of nitrogens with zero attached hydrogens (tertiary/aromatic N) is 3. The van der Waals surface area contributed by atoms with E-state index in [0.717, 1.165) is 30.5 Å². The summed E-state index contributed by atoms with van der Waals surface area (Å²) in [5.41, 5.74) is -0.112. The van der Waals surface area contributed by atoms with E-state index in [-0.39, 0.29) is 5.56 Å². The van der Waals surface area contributed by atoms with Gasteiger partial charge in [0, 0.05) is 31.5 Å². The average molecular weight is 360 g/mol. The quantitative estimate of drug-likeness (QED) is 0.867. The first-order chi connectivity index (χ1) is 12.5. The molecule has 0 aliphatic carbocycles. The lowest BCUT2D eigenvalue weighted by molar-refractivity contribution is -0.137. The number of alkyl halides is 3. The Labute approximate surface area is 150 Å². The van der Waals surface area contributed by atoms with Gasteiger partial charge in [-0.1, -0.05) is 6.07 Å². The van der Waals surface area contributed by atoms with Crippen LogP contribution in [0, 0.1) is 11.3 Å². The van der Waals surface area contributed by atoms with Crippen LogP contribution in [0.1, 0.15) is 36.0 Å². The van der Waals surface area contributed by atoms with E-state index >= 15 is 0 Å². The molecule has 0 atom stereocenters. The SMILES string of the molecule is N#Cc1ccc(NCc2ccc(N3CCCCC3)nc2)cc1C(F)(F)F. The van der Waals surface area contributed by atoms with Crippen molar-refractivity contribution >= 4 is 11.5 Å². The van der Waals surface area contributed by atoms with Gasteiger partial charge in [0.25, 0.3) is 0 Å². The topological polar surface area (TPSA) is 52.0 Å².